The van der Waals surface area contributed by atoms with Crippen molar-refractivity contribution in [2.45, 2.75) is 18.0 Å². The Bertz CT molecular complexity index is 636. The summed E-state index contributed by atoms with van der Waals surface area (Å²) in [5.74, 6) is -2.59. The molecule has 0 atom stereocenters. The van der Waals surface area contributed by atoms with Crippen LogP contribution in [0.15, 0.2) is 11.0 Å². The van der Waals surface area contributed by atoms with Crippen molar-refractivity contribution in [1.29, 1.82) is 0 Å². The van der Waals surface area contributed by atoms with Gasteiger partial charge in [-0.2, -0.15) is 0 Å². The summed E-state index contributed by atoms with van der Waals surface area (Å²) in [5.41, 5.74) is -0.0749. The number of benzene rings is 1. The predicted molar refractivity (Wildman–Crippen MR) is 63.5 cm³/mol. The molecular weight excluding hydrogens is 283 g/mol. The van der Waals surface area contributed by atoms with Crippen LogP contribution in [0.2, 0.25) is 13.1 Å². The number of primary sulfonamides is 1. The molecule has 0 aliphatic carbocycles. The van der Waals surface area contributed by atoms with Crippen molar-refractivity contribution >= 4 is 36.1 Å². The second kappa shape index (κ2) is 3.84. The van der Waals surface area contributed by atoms with E-state index in [0.717, 1.165) is 6.07 Å². The minimum atomic E-state index is -4.52. The van der Waals surface area contributed by atoms with Crippen LogP contribution < -0.4 is 15.8 Å². The molecule has 1 aromatic rings. The van der Waals surface area contributed by atoms with Gasteiger partial charge in [-0.25, -0.2) is 22.3 Å². The zero-order valence-corrected chi connectivity index (χ0v) is 11.4. The molecule has 1 aliphatic heterocycles. The first-order chi connectivity index (χ1) is 8.05. The van der Waals surface area contributed by atoms with E-state index in [1.54, 1.807) is 13.1 Å². The molecule has 1 aromatic carbocycles. The first-order valence-corrected chi connectivity index (χ1v) is 9.42. The van der Waals surface area contributed by atoms with Gasteiger partial charge in [0.25, 0.3) is 0 Å². The monoisotopic (exact) mass is 293 g/mol. The molecule has 18 heavy (non-hydrogen) atoms. The maximum Gasteiger partial charge on any atom is 0.480 e. The number of hydrogen-bond donors (Lipinski definition) is 2. The number of rotatable bonds is 1. The van der Waals surface area contributed by atoms with E-state index >= 15 is 0 Å². The first-order valence-electron chi connectivity index (χ1n) is 4.97. The van der Waals surface area contributed by atoms with Crippen molar-refractivity contribution in [1.82, 2.24) is 0 Å². The van der Waals surface area contributed by atoms with Gasteiger partial charge in [-0.05, 0) is 24.6 Å². The van der Waals surface area contributed by atoms with E-state index in [-0.39, 0.29) is 10.6 Å². The van der Waals surface area contributed by atoms with Crippen molar-refractivity contribution in [2.75, 3.05) is 0 Å². The summed E-state index contributed by atoms with van der Waals surface area (Å²) in [4.78, 5) is -1.18. The molecule has 1 aliphatic rings. The molecule has 0 fully saturated rings. The smallest absolute Gasteiger partial charge is 0.446 e. The fraction of sp³-hybridized carbons (Fsp3) is 0.250. The molecule has 0 saturated heterocycles. The molecular formula is C8H10BF2NO4SSi. The zero-order valence-electron chi connectivity index (χ0n) is 9.57. The maximum absolute atomic E-state index is 14.1. The highest BCUT2D eigenvalue weighted by atomic mass is 32.2. The summed E-state index contributed by atoms with van der Waals surface area (Å²) in [6.07, 6.45) is 0. The van der Waals surface area contributed by atoms with E-state index < -0.39 is 42.0 Å². The molecule has 0 spiro atoms. The minimum Gasteiger partial charge on any atom is -0.446 e. The Morgan fingerprint density at radius 2 is 2.00 bits per heavy atom. The van der Waals surface area contributed by atoms with Crippen molar-refractivity contribution in [3.63, 3.8) is 0 Å². The third-order valence-corrected chi connectivity index (χ3v) is 6.23. The second-order valence-electron chi connectivity index (χ2n) is 4.49. The van der Waals surface area contributed by atoms with Crippen molar-refractivity contribution < 1.29 is 26.6 Å². The lowest BCUT2D eigenvalue weighted by molar-refractivity contribution is 0.440. The summed E-state index contributed by atoms with van der Waals surface area (Å²) in [7, 11) is -8.78. The molecule has 5 nitrogen and oxygen atoms in total. The number of nitrogens with two attached hydrogens (primary N) is 1. The molecule has 2 rings (SSSR count). The van der Waals surface area contributed by atoms with E-state index in [2.05, 4.69) is 0 Å². The van der Waals surface area contributed by atoms with Gasteiger partial charge in [-0.1, -0.05) is 0 Å². The lowest BCUT2D eigenvalue weighted by Crippen LogP contribution is -2.47. The highest BCUT2D eigenvalue weighted by molar-refractivity contribution is 7.89. The molecule has 0 aromatic heterocycles. The average molecular weight is 293 g/mol. The van der Waals surface area contributed by atoms with Crippen molar-refractivity contribution in [2.24, 2.45) is 5.14 Å². The Morgan fingerprint density at radius 1 is 1.44 bits per heavy atom. The average Bonchev–Trinajstić information content (AvgIpc) is 2.33. The van der Waals surface area contributed by atoms with Gasteiger partial charge >= 0.3 is 7.12 Å². The summed E-state index contributed by atoms with van der Waals surface area (Å²) in [5, 5.41) is 14.3. The van der Waals surface area contributed by atoms with Crippen LogP contribution in [-0.4, -0.2) is 28.9 Å². The highest BCUT2D eigenvalue weighted by Gasteiger charge is 2.47. The Kier molecular flexibility index (Phi) is 2.91. The Morgan fingerprint density at radius 3 is 2.50 bits per heavy atom. The summed E-state index contributed by atoms with van der Waals surface area (Å²) in [6, 6.07) is 0.755. The fourth-order valence-electron chi connectivity index (χ4n) is 2.09. The van der Waals surface area contributed by atoms with E-state index in [1.165, 1.54) is 0 Å². The van der Waals surface area contributed by atoms with Gasteiger partial charge in [-0.3, -0.25) is 0 Å². The van der Waals surface area contributed by atoms with E-state index in [0.29, 0.717) is 0 Å². The number of hydrogen-bond acceptors (Lipinski definition) is 4. The van der Waals surface area contributed by atoms with Crippen LogP contribution in [0.1, 0.15) is 0 Å². The first kappa shape index (κ1) is 13.6. The van der Waals surface area contributed by atoms with E-state index in [1.807, 2.05) is 0 Å². The molecule has 0 saturated carbocycles. The Hall–Kier alpha value is -0.808. The fourth-order valence-corrected chi connectivity index (χ4v) is 5.21. The third kappa shape index (κ3) is 1.89. The van der Waals surface area contributed by atoms with Gasteiger partial charge in [0.05, 0.1) is 0 Å². The van der Waals surface area contributed by atoms with Crippen LogP contribution in [0, 0.1) is 11.6 Å². The molecule has 0 bridgehead atoms. The normalized spacial score (nSPS) is 18.0. The van der Waals surface area contributed by atoms with Gasteiger partial charge < -0.3 is 9.37 Å². The van der Waals surface area contributed by atoms with Crippen molar-refractivity contribution in [3.05, 3.63) is 17.7 Å². The quantitative estimate of drug-likeness (QED) is 0.633. The van der Waals surface area contributed by atoms with Crippen molar-refractivity contribution in [3.8, 4) is 0 Å². The minimum absolute atomic E-state index is 0.0691. The Balaban J connectivity index is 2.87. The van der Waals surface area contributed by atoms with E-state index in [4.69, 9.17) is 9.48 Å². The largest absolute Gasteiger partial charge is 0.480 e. The molecule has 3 N–H and O–H groups in total. The summed E-state index contributed by atoms with van der Waals surface area (Å²) < 4.78 is 55.2. The highest BCUT2D eigenvalue weighted by Crippen LogP contribution is 2.21. The van der Waals surface area contributed by atoms with Crippen LogP contribution in [0.3, 0.4) is 0 Å². The van der Waals surface area contributed by atoms with Crippen LogP contribution in [-0.2, 0) is 14.4 Å². The van der Waals surface area contributed by atoms with Gasteiger partial charge in [-0.15, -0.1) is 0 Å². The molecule has 98 valence electrons. The number of halogens is 2. The second-order valence-corrected chi connectivity index (χ2v) is 9.75. The standard InChI is InChI=1S/C8H10BF2NO4SSi/c1-18(2)8-4(9(13)16-18)3-5(10)7(6(8)11)17(12,14)15/h3,13H,1-2H3,(H2,12,14,15). The van der Waals surface area contributed by atoms with Crippen LogP contribution in [0.5, 0.6) is 0 Å². The predicted octanol–water partition coefficient (Wildman–Crippen LogP) is -1.26. The zero-order chi connectivity index (χ0) is 13.9. The lowest BCUT2D eigenvalue weighted by Gasteiger charge is -2.18. The lowest BCUT2D eigenvalue weighted by atomic mass is 9.80. The third-order valence-electron chi connectivity index (χ3n) is 2.77. The summed E-state index contributed by atoms with van der Waals surface area (Å²) in [6.45, 7) is 3.13. The summed E-state index contributed by atoms with van der Waals surface area (Å²) >= 11 is 0. The topological polar surface area (TPSA) is 89.6 Å². The van der Waals surface area contributed by atoms with Crippen LogP contribution in [0.25, 0.3) is 0 Å². The van der Waals surface area contributed by atoms with Gasteiger partial charge in [0.15, 0.2) is 4.90 Å². The van der Waals surface area contributed by atoms with Gasteiger partial charge in [0.1, 0.15) is 11.6 Å². The number of fused-ring (bicyclic) bond motifs is 1. The SMILES string of the molecule is C[Si]1(C)OB(O)c2cc(F)c(S(N)(=O)=O)c(F)c21. The molecule has 0 radical (unpaired) electrons. The van der Waals surface area contributed by atoms with E-state index in [9.17, 15) is 22.2 Å². The van der Waals surface area contributed by atoms with Gasteiger partial charge in [0.2, 0.25) is 18.3 Å². The van der Waals surface area contributed by atoms with Crippen LogP contribution in [0.4, 0.5) is 8.78 Å². The number of sulfonamides is 1. The van der Waals surface area contributed by atoms with Crippen LogP contribution >= 0.6 is 0 Å². The maximum atomic E-state index is 14.1. The molecule has 10 heteroatoms. The molecule has 0 amide bonds. The Labute approximate surface area is 104 Å². The molecule has 1 heterocycles. The van der Waals surface area contributed by atoms with Gasteiger partial charge in [0, 0.05) is 5.19 Å². The molecule has 0 unspecified atom stereocenters.